The molecule has 0 spiro atoms. The molecule has 1 saturated heterocycles. The normalized spacial score (nSPS) is 14.3. The molecule has 28 heavy (non-hydrogen) atoms. The summed E-state index contributed by atoms with van der Waals surface area (Å²) >= 11 is 0. The number of fused-ring (bicyclic) bond motifs is 1. The van der Waals surface area contributed by atoms with Crippen molar-refractivity contribution in [2.24, 2.45) is 0 Å². The predicted octanol–water partition coefficient (Wildman–Crippen LogP) is 4.15. The molecule has 144 valence electrons. The van der Waals surface area contributed by atoms with E-state index in [1.807, 2.05) is 18.2 Å². The fourth-order valence-corrected chi connectivity index (χ4v) is 3.41. The Kier molecular flexibility index (Phi) is 5.21. The van der Waals surface area contributed by atoms with Crippen molar-refractivity contribution in [3.8, 4) is 0 Å². The molecular weight excluding hydrogens is 357 g/mol. The molecular formula is C22H22FN3O2. The second-order valence-corrected chi connectivity index (χ2v) is 6.79. The molecule has 2 aromatic carbocycles. The number of nitrogens with one attached hydrogen (secondary N) is 1. The van der Waals surface area contributed by atoms with Crippen molar-refractivity contribution in [2.75, 3.05) is 31.6 Å². The molecule has 1 aliphatic heterocycles. The maximum atomic E-state index is 14.0. The van der Waals surface area contributed by atoms with E-state index in [0.717, 1.165) is 12.1 Å². The minimum atomic E-state index is -0.365. The number of nitrogens with zero attached hydrogens (tertiary/aromatic N) is 2. The number of amides is 1. The minimum absolute atomic E-state index is 0.129. The Morgan fingerprint density at radius 2 is 2.04 bits per heavy atom. The lowest BCUT2D eigenvalue weighted by Crippen LogP contribution is -2.41. The molecule has 4 rings (SSSR count). The van der Waals surface area contributed by atoms with E-state index in [-0.39, 0.29) is 11.7 Å². The van der Waals surface area contributed by atoms with E-state index in [1.165, 1.54) is 17.7 Å². The van der Waals surface area contributed by atoms with Crippen molar-refractivity contribution < 1.29 is 13.9 Å². The summed E-state index contributed by atoms with van der Waals surface area (Å²) in [6.45, 7) is 4.19. The Balaban J connectivity index is 1.82. The van der Waals surface area contributed by atoms with Crippen LogP contribution in [0.4, 0.5) is 15.8 Å². The number of carbonyl (C=O) groups is 1. The van der Waals surface area contributed by atoms with Gasteiger partial charge in [-0.1, -0.05) is 19.1 Å². The molecule has 0 unspecified atom stereocenters. The SMILES string of the molecule is CCc1cccc(Nc2c(C(=O)N3CCOCC3)cnc3ccc(F)cc23)c1. The van der Waals surface area contributed by atoms with Crippen LogP contribution in [-0.4, -0.2) is 42.1 Å². The van der Waals surface area contributed by atoms with Gasteiger partial charge in [0, 0.05) is 30.4 Å². The highest BCUT2D eigenvalue weighted by molar-refractivity contribution is 6.08. The quantitative estimate of drug-likeness (QED) is 0.740. The van der Waals surface area contributed by atoms with E-state index < -0.39 is 0 Å². The highest BCUT2D eigenvalue weighted by Gasteiger charge is 2.23. The molecule has 6 heteroatoms. The van der Waals surface area contributed by atoms with Gasteiger partial charge in [-0.2, -0.15) is 0 Å². The van der Waals surface area contributed by atoms with Crippen LogP contribution in [0.1, 0.15) is 22.8 Å². The van der Waals surface area contributed by atoms with Gasteiger partial charge in [-0.3, -0.25) is 9.78 Å². The van der Waals surface area contributed by atoms with Crippen LogP contribution in [0.25, 0.3) is 10.9 Å². The Labute approximate surface area is 163 Å². The average molecular weight is 379 g/mol. The summed E-state index contributed by atoms with van der Waals surface area (Å²) < 4.78 is 19.3. The molecule has 0 atom stereocenters. The predicted molar refractivity (Wildman–Crippen MR) is 108 cm³/mol. The lowest BCUT2D eigenvalue weighted by molar-refractivity contribution is 0.0303. The first kappa shape index (κ1) is 18.4. The van der Waals surface area contributed by atoms with Crippen LogP contribution in [0.2, 0.25) is 0 Å². The van der Waals surface area contributed by atoms with Crippen molar-refractivity contribution in [1.29, 1.82) is 0 Å². The number of aryl methyl sites for hydroxylation is 1. The highest BCUT2D eigenvalue weighted by atomic mass is 19.1. The maximum Gasteiger partial charge on any atom is 0.257 e. The number of anilines is 2. The fourth-order valence-electron chi connectivity index (χ4n) is 3.41. The lowest BCUT2D eigenvalue weighted by atomic mass is 10.1. The topological polar surface area (TPSA) is 54.5 Å². The Morgan fingerprint density at radius 3 is 2.82 bits per heavy atom. The van der Waals surface area contributed by atoms with Crippen molar-refractivity contribution in [1.82, 2.24) is 9.88 Å². The number of pyridine rings is 1. The number of halogens is 1. The summed E-state index contributed by atoms with van der Waals surface area (Å²) in [7, 11) is 0. The van der Waals surface area contributed by atoms with Gasteiger partial charge in [0.1, 0.15) is 5.82 Å². The number of aromatic nitrogens is 1. The fraction of sp³-hybridized carbons (Fsp3) is 0.273. The summed E-state index contributed by atoms with van der Waals surface area (Å²) in [5.41, 5.74) is 3.67. The Hall–Kier alpha value is -2.99. The molecule has 5 nitrogen and oxygen atoms in total. The van der Waals surface area contributed by atoms with Crippen LogP contribution < -0.4 is 5.32 Å². The molecule has 1 aliphatic rings. The van der Waals surface area contributed by atoms with Crippen LogP contribution in [-0.2, 0) is 11.2 Å². The summed E-state index contributed by atoms with van der Waals surface area (Å²) in [4.78, 5) is 19.3. The van der Waals surface area contributed by atoms with E-state index in [9.17, 15) is 9.18 Å². The van der Waals surface area contributed by atoms with Crippen molar-refractivity contribution >= 4 is 28.2 Å². The zero-order valence-electron chi connectivity index (χ0n) is 15.7. The number of morpholine rings is 1. The largest absolute Gasteiger partial charge is 0.378 e. The van der Waals surface area contributed by atoms with Gasteiger partial charge in [0.15, 0.2) is 0 Å². The number of hydrogen-bond acceptors (Lipinski definition) is 4. The van der Waals surface area contributed by atoms with Gasteiger partial charge >= 0.3 is 0 Å². The molecule has 0 bridgehead atoms. The molecule has 1 amide bonds. The Morgan fingerprint density at radius 1 is 1.21 bits per heavy atom. The van der Waals surface area contributed by atoms with Crippen molar-refractivity contribution in [3.05, 3.63) is 65.6 Å². The number of ether oxygens (including phenoxy) is 1. The maximum absolute atomic E-state index is 14.0. The minimum Gasteiger partial charge on any atom is -0.378 e. The van der Waals surface area contributed by atoms with Crippen molar-refractivity contribution in [3.63, 3.8) is 0 Å². The van der Waals surface area contributed by atoms with Crippen LogP contribution in [0.3, 0.4) is 0 Å². The van der Waals surface area contributed by atoms with Gasteiger partial charge < -0.3 is 15.0 Å². The summed E-state index contributed by atoms with van der Waals surface area (Å²) in [5, 5.41) is 3.94. The first-order valence-electron chi connectivity index (χ1n) is 9.47. The van der Waals surface area contributed by atoms with Gasteiger partial charge in [0.25, 0.3) is 5.91 Å². The first-order chi connectivity index (χ1) is 13.7. The van der Waals surface area contributed by atoms with Gasteiger partial charge in [-0.05, 0) is 42.3 Å². The molecule has 0 saturated carbocycles. The van der Waals surface area contributed by atoms with Gasteiger partial charge in [-0.15, -0.1) is 0 Å². The second kappa shape index (κ2) is 7.94. The first-order valence-corrected chi connectivity index (χ1v) is 9.47. The highest BCUT2D eigenvalue weighted by Crippen LogP contribution is 2.31. The van der Waals surface area contributed by atoms with E-state index >= 15 is 0 Å². The molecule has 1 N–H and O–H groups in total. The van der Waals surface area contributed by atoms with E-state index in [1.54, 1.807) is 17.2 Å². The molecule has 3 aromatic rings. The number of carbonyl (C=O) groups excluding carboxylic acids is 1. The molecule has 1 fully saturated rings. The summed E-state index contributed by atoms with van der Waals surface area (Å²) in [6.07, 6.45) is 2.48. The molecule has 0 radical (unpaired) electrons. The van der Waals surface area contributed by atoms with Gasteiger partial charge in [0.05, 0.1) is 30.0 Å². The van der Waals surface area contributed by atoms with E-state index in [2.05, 4.69) is 23.3 Å². The zero-order chi connectivity index (χ0) is 19.5. The van der Waals surface area contributed by atoms with Crippen molar-refractivity contribution in [2.45, 2.75) is 13.3 Å². The standard InChI is InChI=1S/C22H22FN3O2/c1-2-15-4-3-5-17(12-15)25-21-18-13-16(23)6-7-20(18)24-14-19(21)22(27)26-8-10-28-11-9-26/h3-7,12-14H,2,8-11H2,1H3,(H,24,25). The van der Waals surface area contributed by atoms with Crippen LogP contribution >= 0.6 is 0 Å². The lowest BCUT2D eigenvalue weighted by Gasteiger charge is -2.28. The third-order valence-corrected chi connectivity index (χ3v) is 4.96. The summed E-state index contributed by atoms with van der Waals surface area (Å²) in [5.74, 6) is -0.494. The zero-order valence-corrected chi connectivity index (χ0v) is 15.7. The number of hydrogen-bond donors (Lipinski definition) is 1. The molecule has 1 aromatic heterocycles. The summed E-state index contributed by atoms with van der Waals surface area (Å²) in [6, 6.07) is 12.4. The van der Waals surface area contributed by atoms with E-state index in [4.69, 9.17) is 4.74 Å². The van der Waals surface area contributed by atoms with E-state index in [0.29, 0.717) is 48.5 Å². The van der Waals surface area contributed by atoms with Gasteiger partial charge in [-0.25, -0.2) is 4.39 Å². The van der Waals surface area contributed by atoms with Crippen LogP contribution in [0.15, 0.2) is 48.7 Å². The Bertz CT molecular complexity index is 1020. The number of rotatable bonds is 4. The second-order valence-electron chi connectivity index (χ2n) is 6.79. The number of benzene rings is 2. The monoisotopic (exact) mass is 379 g/mol. The van der Waals surface area contributed by atoms with Crippen LogP contribution in [0, 0.1) is 5.82 Å². The molecule has 0 aliphatic carbocycles. The third-order valence-electron chi connectivity index (χ3n) is 4.96. The van der Waals surface area contributed by atoms with Crippen LogP contribution in [0.5, 0.6) is 0 Å². The third kappa shape index (κ3) is 3.68. The average Bonchev–Trinajstić information content (AvgIpc) is 2.74. The smallest absolute Gasteiger partial charge is 0.257 e. The van der Waals surface area contributed by atoms with Gasteiger partial charge in [0.2, 0.25) is 0 Å². The molecule has 2 heterocycles.